The number of rotatable bonds is 4. The van der Waals surface area contributed by atoms with Gasteiger partial charge in [0.2, 0.25) is 0 Å². The Balaban J connectivity index is 1.89. The van der Waals surface area contributed by atoms with Gasteiger partial charge in [0.25, 0.3) is 11.6 Å². The summed E-state index contributed by atoms with van der Waals surface area (Å²) in [6.45, 7) is 1.87. The van der Waals surface area contributed by atoms with E-state index in [0.717, 1.165) is 15.2 Å². The van der Waals surface area contributed by atoms with Gasteiger partial charge < -0.3 is 4.90 Å². The molecule has 0 radical (unpaired) electrons. The predicted octanol–water partition coefficient (Wildman–Crippen LogP) is 4.69. The summed E-state index contributed by atoms with van der Waals surface area (Å²) in [7, 11) is 1.65. The molecule has 0 saturated carbocycles. The molecule has 128 valence electrons. The van der Waals surface area contributed by atoms with Crippen LogP contribution in [-0.4, -0.2) is 27.8 Å². The molecule has 3 aromatic rings. The maximum absolute atomic E-state index is 12.7. The fourth-order valence-corrected chi connectivity index (χ4v) is 3.65. The van der Waals surface area contributed by atoms with Crippen LogP contribution in [0.25, 0.3) is 10.2 Å². The quantitative estimate of drug-likeness (QED) is 0.489. The number of para-hydroxylation sites is 1. The van der Waals surface area contributed by atoms with Gasteiger partial charge in [0.15, 0.2) is 0 Å². The number of benzene rings is 2. The predicted molar refractivity (Wildman–Crippen MR) is 98.2 cm³/mol. The third kappa shape index (κ3) is 3.33. The molecule has 1 atom stereocenters. The standard InChI is InChI=1S/C17H14ClN3O3S/c1-10(16-19-13-5-3-4-6-15(13)25-16)20(2)17(22)11-7-8-12(18)14(9-11)21(23)24/h3-10H,1-2H3/t10-/m1/s1. The van der Waals surface area contributed by atoms with Gasteiger partial charge in [-0.05, 0) is 31.2 Å². The van der Waals surface area contributed by atoms with Crippen LogP contribution in [0.2, 0.25) is 5.02 Å². The van der Waals surface area contributed by atoms with Crippen molar-refractivity contribution >= 4 is 44.7 Å². The van der Waals surface area contributed by atoms with E-state index in [2.05, 4.69) is 4.98 Å². The molecule has 25 heavy (non-hydrogen) atoms. The van der Waals surface area contributed by atoms with Crippen LogP contribution in [0.4, 0.5) is 5.69 Å². The summed E-state index contributed by atoms with van der Waals surface area (Å²) in [6.07, 6.45) is 0. The lowest BCUT2D eigenvalue weighted by atomic mass is 10.1. The maximum atomic E-state index is 12.7. The number of thiazole rings is 1. The first-order valence-electron chi connectivity index (χ1n) is 7.45. The zero-order chi connectivity index (χ0) is 18.1. The second kappa shape index (κ2) is 6.78. The van der Waals surface area contributed by atoms with E-state index in [0.29, 0.717) is 0 Å². The normalized spacial score (nSPS) is 12.1. The summed E-state index contributed by atoms with van der Waals surface area (Å²) in [6, 6.07) is 11.5. The minimum atomic E-state index is -0.601. The van der Waals surface area contributed by atoms with Crippen LogP contribution < -0.4 is 0 Å². The Morgan fingerprint density at radius 1 is 1.32 bits per heavy atom. The van der Waals surface area contributed by atoms with Gasteiger partial charge in [-0.2, -0.15) is 0 Å². The van der Waals surface area contributed by atoms with Gasteiger partial charge in [-0.3, -0.25) is 14.9 Å². The van der Waals surface area contributed by atoms with Gasteiger partial charge in [-0.1, -0.05) is 23.7 Å². The van der Waals surface area contributed by atoms with Crippen molar-refractivity contribution in [1.82, 2.24) is 9.88 Å². The fourth-order valence-electron chi connectivity index (χ4n) is 2.40. The fraction of sp³-hybridized carbons (Fsp3) is 0.176. The smallest absolute Gasteiger partial charge is 0.288 e. The molecule has 8 heteroatoms. The highest BCUT2D eigenvalue weighted by molar-refractivity contribution is 7.18. The Labute approximate surface area is 152 Å². The highest BCUT2D eigenvalue weighted by Crippen LogP contribution is 2.31. The van der Waals surface area contributed by atoms with Crippen molar-refractivity contribution in [2.45, 2.75) is 13.0 Å². The molecular weight excluding hydrogens is 362 g/mol. The van der Waals surface area contributed by atoms with Crippen molar-refractivity contribution in [3.63, 3.8) is 0 Å². The molecule has 0 fully saturated rings. The Hall–Kier alpha value is -2.51. The molecule has 0 unspecified atom stereocenters. The highest BCUT2D eigenvalue weighted by Gasteiger charge is 2.24. The minimum Gasteiger partial charge on any atom is -0.333 e. The number of nitro benzene ring substituents is 1. The van der Waals surface area contributed by atoms with Crippen LogP contribution in [0.3, 0.4) is 0 Å². The van der Waals surface area contributed by atoms with E-state index in [1.165, 1.54) is 34.4 Å². The van der Waals surface area contributed by atoms with Gasteiger partial charge in [-0.25, -0.2) is 4.98 Å². The number of carbonyl (C=O) groups excluding carboxylic acids is 1. The molecule has 1 heterocycles. The Kier molecular flexibility index (Phi) is 4.69. The third-order valence-electron chi connectivity index (χ3n) is 3.96. The average molecular weight is 376 g/mol. The molecule has 0 bridgehead atoms. The van der Waals surface area contributed by atoms with Crippen LogP contribution in [-0.2, 0) is 0 Å². The molecule has 0 aliphatic carbocycles. The molecule has 0 spiro atoms. The van der Waals surface area contributed by atoms with Gasteiger partial charge in [0.1, 0.15) is 10.0 Å². The summed E-state index contributed by atoms with van der Waals surface area (Å²) in [5.74, 6) is -0.327. The molecule has 0 saturated heterocycles. The largest absolute Gasteiger partial charge is 0.333 e. The highest BCUT2D eigenvalue weighted by atomic mass is 35.5. The van der Waals surface area contributed by atoms with E-state index in [1.807, 2.05) is 31.2 Å². The zero-order valence-corrected chi connectivity index (χ0v) is 15.0. The summed E-state index contributed by atoms with van der Waals surface area (Å²) in [5, 5.41) is 11.8. The van der Waals surface area contributed by atoms with Crippen molar-refractivity contribution < 1.29 is 9.72 Å². The second-order valence-electron chi connectivity index (χ2n) is 5.54. The van der Waals surface area contributed by atoms with E-state index in [1.54, 1.807) is 7.05 Å². The van der Waals surface area contributed by atoms with Crippen molar-refractivity contribution in [2.24, 2.45) is 0 Å². The lowest BCUT2D eigenvalue weighted by Crippen LogP contribution is -2.29. The zero-order valence-electron chi connectivity index (χ0n) is 13.5. The van der Waals surface area contributed by atoms with Gasteiger partial charge in [-0.15, -0.1) is 11.3 Å². The Bertz CT molecular complexity index is 940. The summed E-state index contributed by atoms with van der Waals surface area (Å²) >= 11 is 7.33. The summed E-state index contributed by atoms with van der Waals surface area (Å²) < 4.78 is 1.05. The van der Waals surface area contributed by atoms with Crippen molar-refractivity contribution in [2.75, 3.05) is 7.05 Å². The number of nitrogens with zero attached hydrogens (tertiary/aromatic N) is 3. The number of halogens is 1. The van der Waals surface area contributed by atoms with Crippen LogP contribution >= 0.6 is 22.9 Å². The number of amides is 1. The van der Waals surface area contributed by atoms with Crippen LogP contribution in [0.5, 0.6) is 0 Å². The van der Waals surface area contributed by atoms with E-state index < -0.39 is 4.92 Å². The number of carbonyl (C=O) groups is 1. The van der Waals surface area contributed by atoms with E-state index >= 15 is 0 Å². The first kappa shape index (κ1) is 17.3. The summed E-state index contributed by atoms with van der Waals surface area (Å²) in [5.41, 5.74) is 0.817. The topological polar surface area (TPSA) is 76.3 Å². The number of fused-ring (bicyclic) bond motifs is 1. The molecule has 3 rings (SSSR count). The monoisotopic (exact) mass is 375 g/mol. The molecule has 1 amide bonds. The number of aromatic nitrogens is 1. The van der Waals surface area contributed by atoms with E-state index in [4.69, 9.17) is 11.6 Å². The Morgan fingerprint density at radius 3 is 2.72 bits per heavy atom. The maximum Gasteiger partial charge on any atom is 0.288 e. The lowest BCUT2D eigenvalue weighted by Gasteiger charge is -2.23. The van der Waals surface area contributed by atoms with Crippen molar-refractivity contribution in [3.8, 4) is 0 Å². The molecule has 2 aromatic carbocycles. The summed E-state index contributed by atoms with van der Waals surface area (Å²) in [4.78, 5) is 29.2. The lowest BCUT2D eigenvalue weighted by molar-refractivity contribution is -0.384. The van der Waals surface area contributed by atoms with E-state index in [9.17, 15) is 14.9 Å². The number of nitro groups is 1. The van der Waals surface area contributed by atoms with Crippen molar-refractivity contribution in [3.05, 3.63) is 68.2 Å². The number of hydrogen-bond donors (Lipinski definition) is 0. The molecule has 1 aromatic heterocycles. The Morgan fingerprint density at radius 2 is 2.04 bits per heavy atom. The van der Waals surface area contributed by atoms with Crippen LogP contribution in [0.15, 0.2) is 42.5 Å². The van der Waals surface area contributed by atoms with Gasteiger partial charge in [0, 0.05) is 18.7 Å². The molecular formula is C17H14ClN3O3S. The van der Waals surface area contributed by atoms with E-state index in [-0.39, 0.29) is 28.2 Å². The number of hydrogen-bond acceptors (Lipinski definition) is 5. The minimum absolute atomic E-state index is 0.00317. The first-order valence-corrected chi connectivity index (χ1v) is 8.64. The average Bonchev–Trinajstić information content (AvgIpc) is 3.04. The molecule has 6 nitrogen and oxygen atoms in total. The van der Waals surface area contributed by atoms with Crippen molar-refractivity contribution in [1.29, 1.82) is 0 Å². The van der Waals surface area contributed by atoms with Gasteiger partial charge in [0.05, 0.1) is 21.2 Å². The first-order chi connectivity index (χ1) is 11.9. The second-order valence-corrected chi connectivity index (χ2v) is 7.00. The van der Waals surface area contributed by atoms with Gasteiger partial charge >= 0.3 is 0 Å². The third-order valence-corrected chi connectivity index (χ3v) is 5.49. The molecule has 0 aliphatic heterocycles. The molecule has 0 aliphatic rings. The molecule has 0 N–H and O–H groups in total. The SMILES string of the molecule is C[C@H](c1nc2ccccc2s1)N(C)C(=O)c1ccc(Cl)c([N+](=O)[O-])c1. The van der Waals surface area contributed by atoms with Crippen LogP contribution in [0.1, 0.15) is 28.3 Å². The van der Waals surface area contributed by atoms with Crippen LogP contribution in [0, 0.1) is 10.1 Å².